The molecule has 7 heteroatoms. The zero-order chi connectivity index (χ0) is 19.2. The summed E-state index contributed by atoms with van der Waals surface area (Å²) in [4.78, 5) is 22.1. The molecule has 0 radical (unpaired) electrons. The molecule has 0 spiro atoms. The molecule has 2 aromatic rings. The number of ketones is 1. The molecule has 0 amide bonds. The van der Waals surface area contributed by atoms with E-state index in [1.807, 2.05) is 30.3 Å². The number of rotatable bonds is 9. The van der Waals surface area contributed by atoms with Crippen LogP contribution in [0.4, 0.5) is 0 Å². The summed E-state index contributed by atoms with van der Waals surface area (Å²) >= 11 is 0. The summed E-state index contributed by atoms with van der Waals surface area (Å²) in [5.74, 6) is -1.68. The van der Waals surface area contributed by atoms with Gasteiger partial charge in [0.15, 0.2) is 5.78 Å². The van der Waals surface area contributed by atoms with Gasteiger partial charge in [-0.25, -0.2) is 0 Å². The molecular formula is C19H23O6P. The van der Waals surface area contributed by atoms with Gasteiger partial charge in [-0.1, -0.05) is 48.5 Å². The van der Waals surface area contributed by atoms with Gasteiger partial charge in [-0.2, -0.15) is 0 Å². The lowest BCUT2D eigenvalue weighted by molar-refractivity contribution is -0.183. The Bertz CT molecular complexity index is 786. The number of methoxy groups -OCH3 is 2. The Balaban J connectivity index is 2.41. The second kappa shape index (κ2) is 8.71. The van der Waals surface area contributed by atoms with E-state index in [0.717, 1.165) is 5.56 Å². The Morgan fingerprint density at radius 2 is 1.65 bits per heavy atom. The van der Waals surface area contributed by atoms with Crippen LogP contribution in [0.2, 0.25) is 0 Å². The molecule has 0 aliphatic heterocycles. The summed E-state index contributed by atoms with van der Waals surface area (Å²) in [6.45, 7) is 1.66. The second-order valence-electron chi connectivity index (χ2n) is 5.61. The summed E-state index contributed by atoms with van der Waals surface area (Å²) in [7, 11) is -0.922. The van der Waals surface area contributed by atoms with Crippen LogP contribution in [0.5, 0.6) is 0 Å². The predicted octanol–water partition coefficient (Wildman–Crippen LogP) is 3.59. The predicted molar refractivity (Wildman–Crippen MR) is 98.3 cm³/mol. The maximum absolute atomic E-state index is 12.4. The maximum atomic E-state index is 12.4. The average Bonchev–Trinajstić information content (AvgIpc) is 2.64. The van der Waals surface area contributed by atoms with Gasteiger partial charge in [0.1, 0.15) is 6.16 Å². The third-order valence-electron chi connectivity index (χ3n) is 3.97. The van der Waals surface area contributed by atoms with Crippen molar-refractivity contribution in [1.29, 1.82) is 0 Å². The van der Waals surface area contributed by atoms with E-state index < -0.39 is 25.3 Å². The van der Waals surface area contributed by atoms with Crippen LogP contribution in [0, 0.1) is 0 Å². The molecule has 6 nitrogen and oxygen atoms in total. The number of ether oxygens (including phenoxy) is 2. The largest absolute Gasteiger partial charge is 0.346 e. The van der Waals surface area contributed by atoms with E-state index in [9.17, 15) is 14.3 Å². The molecule has 0 saturated carbocycles. The van der Waals surface area contributed by atoms with Crippen LogP contribution < -0.4 is 0 Å². The van der Waals surface area contributed by atoms with Crippen molar-refractivity contribution in [2.45, 2.75) is 12.7 Å². The molecule has 1 N–H and O–H groups in total. The van der Waals surface area contributed by atoms with Gasteiger partial charge in [0.2, 0.25) is 5.79 Å². The van der Waals surface area contributed by atoms with Crippen LogP contribution in [-0.2, 0) is 24.3 Å². The van der Waals surface area contributed by atoms with Gasteiger partial charge in [-0.15, -0.1) is 0 Å². The first-order valence-electron chi connectivity index (χ1n) is 8.14. The standard InChI is InChI=1S/C19H23O6P/c1-4-25-26(21,22)14-18(20)15-9-8-12-17(13-15)19(23-2,24-3)16-10-6-5-7-11-16/h5-13H,4,14H2,1-3H3,(H,21,22). The Morgan fingerprint density at radius 3 is 2.23 bits per heavy atom. The van der Waals surface area contributed by atoms with Gasteiger partial charge < -0.3 is 18.9 Å². The van der Waals surface area contributed by atoms with E-state index in [1.165, 1.54) is 14.2 Å². The zero-order valence-electron chi connectivity index (χ0n) is 15.0. The Morgan fingerprint density at radius 1 is 1.04 bits per heavy atom. The van der Waals surface area contributed by atoms with Crippen LogP contribution in [0.15, 0.2) is 54.6 Å². The molecule has 2 aromatic carbocycles. The van der Waals surface area contributed by atoms with Crippen molar-refractivity contribution >= 4 is 13.4 Å². The second-order valence-corrected chi connectivity index (χ2v) is 7.46. The fraction of sp³-hybridized carbons (Fsp3) is 0.316. The number of carbonyl (C=O) groups excluding carboxylic acids is 1. The summed E-state index contributed by atoms with van der Waals surface area (Å²) in [5, 5.41) is 0. The van der Waals surface area contributed by atoms with E-state index >= 15 is 0 Å². The first-order chi connectivity index (χ1) is 12.4. The fourth-order valence-corrected chi connectivity index (χ4v) is 3.84. The molecule has 1 atom stereocenters. The highest BCUT2D eigenvalue weighted by Gasteiger charge is 2.35. The Kier molecular flexibility index (Phi) is 6.87. The van der Waals surface area contributed by atoms with E-state index in [4.69, 9.17) is 14.0 Å². The Labute approximate surface area is 153 Å². The molecule has 1 unspecified atom stereocenters. The lowest BCUT2D eigenvalue weighted by Gasteiger charge is -2.32. The van der Waals surface area contributed by atoms with Crippen molar-refractivity contribution < 1.29 is 28.3 Å². The minimum Gasteiger partial charge on any atom is -0.346 e. The van der Waals surface area contributed by atoms with Gasteiger partial charge in [-0.3, -0.25) is 9.36 Å². The average molecular weight is 378 g/mol. The number of Topliss-reactive ketones (excluding diaryl/α,β-unsaturated/α-hetero) is 1. The molecule has 26 heavy (non-hydrogen) atoms. The summed E-state index contributed by atoms with van der Waals surface area (Å²) in [6, 6.07) is 16.0. The monoisotopic (exact) mass is 378 g/mol. The molecule has 0 aliphatic rings. The molecular weight excluding hydrogens is 355 g/mol. The van der Waals surface area contributed by atoms with E-state index in [2.05, 4.69) is 0 Å². The van der Waals surface area contributed by atoms with Crippen molar-refractivity contribution in [3.05, 3.63) is 71.3 Å². The third-order valence-corrected chi connectivity index (χ3v) is 5.32. The van der Waals surface area contributed by atoms with Gasteiger partial charge in [-0.05, 0) is 13.0 Å². The lowest BCUT2D eigenvalue weighted by atomic mass is 9.95. The van der Waals surface area contributed by atoms with Crippen LogP contribution >= 0.6 is 7.60 Å². The molecule has 0 aromatic heterocycles. The number of hydrogen-bond acceptors (Lipinski definition) is 5. The van der Waals surface area contributed by atoms with E-state index in [0.29, 0.717) is 5.56 Å². The third kappa shape index (κ3) is 4.47. The van der Waals surface area contributed by atoms with Gasteiger partial charge in [0.25, 0.3) is 0 Å². The normalized spacial score (nSPS) is 14.0. The molecule has 0 heterocycles. The van der Waals surface area contributed by atoms with E-state index in [1.54, 1.807) is 31.2 Å². The van der Waals surface area contributed by atoms with Crippen molar-refractivity contribution in [2.24, 2.45) is 0 Å². The van der Waals surface area contributed by atoms with Crippen molar-refractivity contribution in [1.82, 2.24) is 0 Å². The number of carbonyl (C=O) groups is 1. The van der Waals surface area contributed by atoms with Crippen molar-refractivity contribution in [3.8, 4) is 0 Å². The highest BCUT2D eigenvalue weighted by Crippen LogP contribution is 2.42. The minimum atomic E-state index is -3.95. The van der Waals surface area contributed by atoms with E-state index in [-0.39, 0.29) is 12.2 Å². The van der Waals surface area contributed by atoms with Crippen LogP contribution in [0.1, 0.15) is 28.4 Å². The SMILES string of the molecule is CCOP(=O)(O)CC(=O)c1cccc(C(OC)(OC)c2ccccc2)c1. The van der Waals surface area contributed by atoms with Crippen molar-refractivity contribution in [2.75, 3.05) is 27.0 Å². The molecule has 0 fully saturated rings. The van der Waals surface area contributed by atoms with Gasteiger partial charge in [0.05, 0.1) is 6.61 Å². The molecule has 0 bridgehead atoms. The fourth-order valence-electron chi connectivity index (χ4n) is 2.80. The molecule has 0 saturated heterocycles. The van der Waals surface area contributed by atoms with Gasteiger partial charge >= 0.3 is 7.60 Å². The summed E-state index contributed by atoms with van der Waals surface area (Å²) in [5.41, 5.74) is 1.64. The van der Waals surface area contributed by atoms with Crippen LogP contribution in [0.3, 0.4) is 0 Å². The first kappa shape index (κ1) is 20.5. The summed E-state index contributed by atoms with van der Waals surface area (Å²) < 4.78 is 28.0. The topological polar surface area (TPSA) is 82.1 Å². The Hall–Kier alpha value is -1.82. The zero-order valence-corrected chi connectivity index (χ0v) is 15.9. The molecule has 2 rings (SSSR count). The highest BCUT2D eigenvalue weighted by molar-refractivity contribution is 7.53. The molecule has 140 valence electrons. The van der Waals surface area contributed by atoms with Crippen LogP contribution in [0.25, 0.3) is 0 Å². The first-order valence-corrected chi connectivity index (χ1v) is 9.90. The lowest BCUT2D eigenvalue weighted by Crippen LogP contribution is -2.32. The van der Waals surface area contributed by atoms with Gasteiger partial charge in [0, 0.05) is 30.9 Å². The number of benzene rings is 2. The maximum Gasteiger partial charge on any atom is 0.335 e. The summed E-state index contributed by atoms with van der Waals surface area (Å²) in [6.07, 6.45) is -0.581. The smallest absolute Gasteiger partial charge is 0.335 e. The minimum absolute atomic E-state index is 0.0611. The van der Waals surface area contributed by atoms with Crippen LogP contribution in [-0.4, -0.2) is 37.7 Å². The van der Waals surface area contributed by atoms with Crippen molar-refractivity contribution in [3.63, 3.8) is 0 Å². The highest BCUT2D eigenvalue weighted by atomic mass is 31.2. The molecule has 0 aliphatic carbocycles. The quantitative estimate of drug-likeness (QED) is 0.408. The number of hydrogen-bond donors (Lipinski definition) is 1.